The summed E-state index contributed by atoms with van der Waals surface area (Å²) in [5.74, 6) is 0.921. The minimum atomic E-state index is -0.120. The van der Waals surface area contributed by atoms with E-state index in [1.54, 1.807) is 0 Å². The van der Waals surface area contributed by atoms with Crippen LogP contribution in [-0.4, -0.2) is 33.7 Å². The number of aromatic nitrogens is 2. The Morgan fingerprint density at radius 1 is 1.07 bits per heavy atom. The average molecular weight is 387 g/mol. The maximum Gasteiger partial charge on any atom is 0.273 e. The van der Waals surface area contributed by atoms with Gasteiger partial charge in [0.2, 0.25) is 0 Å². The summed E-state index contributed by atoms with van der Waals surface area (Å²) in [5, 5.41) is 7.60. The van der Waals surface area contributed by atoms with Crippen molar-refractivity contribution in [2.75, 3.05) is 6.61 Å². The number of rotatable bonds is 5. The number of nitrogens with zero attached hydrogens (tertiary/aromatic N) is 2. The highest BCUT2D eigenvalue weighted by molar-refractivity contribution is 6.00. The summed E-state index contributed by atoms with van der Waals surface area (Å²) in [4.78, 5) is 15.5. The minimum Gasteiger partial charge on any atom is -0.494 e. The van der Waals surface area contributed by atoms with Gasteiger partial charge in [-0.05, 0) is 37.5 Å². The van der Waals surface area contributed by atoms with Crippen molar-refractivity contribution < 1.29 is 9.53 Å². The molecule has 0 saturated heterocycles. The van der Waals surface area contributed by atoms with Crippen LogP contribution < -0.4 is 4.74 Å². The van der Waals surface area contributed by atoms with Crippen molar-refractivity contribution in [2.24, 2.45) is 0 Å². The van der Waals surface area contributed by atoms with Crippen LogP contribution in [0.25, 0.3) is 11.3 Å². The van der Waals surface area contributed by atoms with E-state index in [1.807, 2.05) is 37.3 Å². The van der Waals surface area contributed by atoms with Crippen LogP contribution in [0.5, 0.6) is 5.75 Å². The van der Waals surface area contributed by atoms with Crippen LogP contribution in [-0.2, 0) is 0 Å². The number of nitrogens with one attached hydrogen (secondary N) is 1. The zero-order chi connectivity index (χ0) is 19.8. The van der Waals surface area contributed by atoms with Gasteiger partial charge >= 0.3 is 0 Å². The fraction of sp³-hybridized carbons (Fsp3) is 0.333. The lowest BCUT2D eigenvalue weighted by Crippen LogP contribution is -2.37. The largest absolute Gasteiger partial charge is 0.494 e. The van der Waals surface area contributed by atoms with Crippen LogP contribution in [0.3, 0.4) is 0 Å². The molecule has 1 N–H and O–H groups in total. The van der Waals surface area contributed by atoms with Crippen LogP contribution >= 0.6 is 0 Å². The number of amides is 1. The van der Waals surface area contributed by atoms with Gasteiger partial charge in [0.1, 0.15) is 11.4 Å². The predicted octanol–water partition coefficient (Wildman–Crippen LogP) is 4.96. The maximum absolute atomic E-state index is 13.4. The molecular weight excluding hydrogens is 362 g/mol. The second kappa shape index (κ2) is 7.39. The van der Waals surface area contributed by atoms with Gasteiger partial charge in [-0.2, -0.15) is 5.10 Å². The summed E-state index contributed by atoms with van der Waals surface area (Å²) in [7, 11) is 0. The van der Waals surface area contributed by atoms with Gasteiger partial charge in [-0.15, -0.1) is 0 Å². The van der Waals surface area contributed by atoms with E-state index in [2.05, 4.69) is 39.4 Å². The van der Waals surface area contributed by atoms with Gasteiger partial charge in [-0.25, -0.2) is 0 Å². The van der Waals surface area contributed by atoms with E-state index in [4.69, 9.17) is 4.74 Å². The Hall–Kier alpha value is -3.08. The summed E-state index contributed by atoms with van der Waals surface area (Å²) in [6, 6.07) is 18.4. The van der Waals surface area contributed by atoms with Crippen molar-refractivity contribution in [3.63, 3.8) is 0 Å². The number of hydrogen-bond donors (Lipinski definition) is 1. The highest BCUT2D eigenvalue weighted by Gasteiger charge is 2.45. The summed E-state index contributed by atoms with van der Waals surface area (Å²) in [6.07, 6.45) is 4.50. The van der Waals surface area contributed by atoms with Gasteiger partial charge in [0, 0.05) is 17.2 Å². The van der Waals surface area contributed by atoms with Gasteiger partial charge in [-0.3, -0.25) is 9.89 Å². The molecule has 0 radical (unpaired) electrons. The highest BCUT2D eigenvalue weighted by atomic mass is 16.5. The molecule has 148 valence electrons. The standard InChI is InChI=1S/C24H25N3O2/c1-2-29-19-14-12-17(13-15-19)23-20-21(16-8-4-3-5-9-16)25-26-22(20)24(28)27(23)18-10-6-7-11-18/h3-5,8-9,12-15,18,23H,2,6-7,10-11H2,1H3,(H,25,26). The average Bonchev–Trinajstić information content (AvgIpc) is 3.47. The molecule has 1 atom stereocenters. The molecule has 0 spiro atoms. The first-order valence-electron chi connectivity index (χ1n) is 10.5. The van der Waals surface area contributed by atoms with Gasteiger partial charge in [0.15, 0.2) is 0 Å². The quantitative estimate of drug-likeness (QED) is 0.673. The summed E-state index contributed by atoms with van der Waals surface area (Å²) in [5.41, 5.74) is 4.63. The number of hydrogen-bond acceptors (Lipinski definition) is 3. The Balaban J connectivity index is 1.63. The normalized spacial score (nSPS) is 19.0. The Labute approximate surface area is 170 Å². The number of H-pyrrole nitrogens is 1. The molecule has 1 saturated carbocycles. The molecule has 1 unspecified atom stereocenters. The highest BCUT2D eigenvalue weighted by Crippen LogP contribution is 2.46. The first-order valence-corrected chi connectivity index (χ1v) is 10.5. The van der Waals surface area contributed by atoms with Crippen molar-refractivity contribution in [3.8, 4) is 17.0 Å². The third-order valence-corrected chi connectivity index (χ3v) is 6.08. The van der Waals surface area contributed by atoms with E-state index < -0.39 is 0 Å². The topological polar surface area (TPSA) is 58.2 Å². The van der Waals surface area contributed by atoms with Crippen LogP contribution in [0.4, 0.5) is 0 Å². The van der Waals surface area contributed by atoms with Gasteiger partial charge < -0.3 is 9.64 Å². The van der Waals surface area contributed by atoms with Crippen molar-refractivity contribution >= 4 is 5.91 Å². The molecule has 1 aromatic heterocycles. The van der Waals surface area contributed by atoms with E-state index in [0.717, 1.165) is 41.0 Å². The van der Waals surface area contributed by atoms with Gasteiger partial charge in [-0.1, -0.05) is 55.3 Å². The molecule has 29 heavy (non-hydrogen) atoms. The number of fused-ring (bicyclic) bond motifs is 1. The number of benzene rings is 2. The zero-order valence-electron chi connectivity index (χ0n) is 16.6. The fourth-order valence-corrected chi connectivity index (χ4v) is 4.78. The van der Waals surface area contributed by atoms with E-state index in [-0.39, 0.29) is 18.0 Å². The third kappa shape index (κ3) is 3.01. The molecule has 1 aliphatic heterocycles. The van der Waals surface area contributed by atoms with Crippen molar-refractivity contribution in [1.29, 1.82) is 0 Å². The SMILES string of the molecule is CCOc1ccc(C2c3c(-c4ccccc4)n[nH]c3C(=O)N2C2CCCC2)cc1. The molecule has 1 fully saturated rings. The number of aromatic amines is 1. The van der Waals surface area contributed by atoms with Crippen molar-refractivity contribution in [2.45, 2.75) is 44.7 Å². The molecule has 3 aromatic rings. The summed E-state index contributed by atoms with van der Waals surface area (Å²) < 4.78 is 5.62. The monoisotopic (exact) mass is 387 g/mol. The summed E-state index contributed by atoms with van der Waals surface area (Å²) >= 11 is 0. The lowest BCUT2D eigenvalue weighted by atomic mass is 9.95. The Bertz CT molecular complexity index is 1000. The first-order chi connectivity index (χ1) is 14.3. The zero-order valence-corrected chi connectivity index (χ0v) is 16.6. The predicted molar refractivity (Wildman–Crippen MR) is 112 cm³/mol. The smallest absolute Gasteiger partial charge is 0.273 e. The maximum atomic E-state index is 13.4. The van der Waals surface area contributed by atoms with Crippen molar-refractivity contribution in [3.05, 3.63) is 71.4 Å². The van der Waals surface area contributed by atoms with Gasteiger partial charge in [0.05, 0.1) is 18.3 Å². The lowest BCUT2D eigenvalue weighted by molar-refractivity contribution is 0.0660. The molecule has 5 heteroatoms. The third-order valence-electron chi connectivity index (χ3n) is 6.08. The molecular formula is C24H25N3O2. The van der Waals surface area contributed by atoms with E-state index in [0.29, 0.717) is 12.3 Å². The number of ether oxygens (including phenoxy) is 1. The fourth-order valence-electron chi connectivity index (χ4n) is 4.78. The molecule has 2 aromatic carbocycles. The van der Waals surface area contributed by atoms with E-state index >= 15 is 0 Å². The number of carbonyl (C=O) groups excluding carboxylic acids is 1. The molecule has 1 amide bonds. The van der Waals surface area contributed by atoms with Crippen LogP contribution in [0.2, 0.25) is 0 Å². The van der Waals surface area contributed by atoms with E-state index in [1.165, 1.54) is 12.8 Å². The lowest BCUT2D eigenvalue weighted by Gasteiger charge is -2.32. The minimum absolute atomic E-state index is 0.0699. The second-order valence-electron chi connectivity index (χ2n) is 7.78. The Morgan fingerprint density at radius 2 is 1.79 bits per heavy atom. The molecule has 5 rings (SSSR count). The Kier molecular flexibility index (Phi) is 4.58. The van der Waals surface area contributed by atoms with E-state index in [9.17, 15) is 4.79 Å². The van der Waals surface area contributed by atoms with Crippen molar-refractivity contribution in [1.82, 2.24) is 15.1 Å². The second-order valence-corrected chi connectivity index (χ2v) is 7.78. The van der Waals surface area contributed by atoms with Crippen LogP contribution in [0, 0.1) is 0 Å². The van der Waals surface area contributed by atoms with Crippen LogP contribution in [0.15, 0.2) is 54.6 Å². The molecule has 2 aliphatic rings. The summed E-state index contributed by atoms with van der Waals surface area (Å²) in [6.45, 7) is 2.62. The first kappa shape index (κ1) is 18.0. The molecule has 0 bridgehead atoms. The molecule has 2 heterocycles. The number of carbonyl (C=O) groups is 1. The van der Waals surface area contributed by atoms with Gasteiger partial charge in [0.25, 0.3) is 5.91 Å². The molecule has 1 aliphatic carbocycles. The Morgan fingerprint density at radius 3 is 2.48 bits per heavy atom. The van der Waals surface area contributed by atoms with Crippen LogP contribution in [0.1, 0.15) is 60.3 Å². The molecule has 5 nitrogen and oxygen atoms in total.